The monoisotopic (exact) mass is 258 g/mol. The number of aromatic nitrogens is 1. The number of hydrogen-bond acceptors (Lipinski definition) is 2. The van der Waals surface area contributed by atoms with Crippen LogP contribution in [0.4, 0.5) is 0 Å². The molecule has 18 heavy (non-hydrogen) atoms. The fourth-order valence-corrected chi connectivity index (χ4v) is 2.84. The number of nitrogens with zero attached hydrogens (tertiary/aromatic N) is 1. The van der Waals surface area contributed by atoms with Gasteiger partial charge in [-0.2, -0.15) is 0 Å². The molecule has 0 bridgehead atoms. The van der Waals surface area contributed by atoms with Gasteiger partial charge in [0.1, 0.15) is 0 Å². The fraction of sp³-hybridized carbons (Fsp3) is 0.267. The van der Waals surface area contributed by atoms with Gasteiger partial charge in [-0.3, -0.25) is 4.98 Å². The molecular formula is C15H15ClN2. The number of rotatable bonds is 3. The van der Waals surface area contributed by atoms with Crippen LogP contribution < -0.4 is 5.73 Å². The third-order valence-corrected chi connectivity index (χ3v) is 4.06. The van der Waals surface area contributed by atoms with Crippen molar-refractivity contribution in [3.05, 3.63) is 64.4 Å². The Balaban J connectivity index is 1.75. The Kier molecular flexibility index (Phi) is 3.06. The minimum absolute atomic E-state index is 0.125. The Hall–Kier alpha value is -1.38. The minimum atomic E-state index is 0.125. The Morgan fingerprint density at radius 3 is 2.94 bits per heavy atom. The second-order valence-electron chi connectivity index (χ2n) is 4.84. The molecule has 2 nitrogen and oxygen atoms in total. The molecule has 0 saturated heterocycles. The van der Waals surface area contributed by atoms with Crippen molar-refractivity contribution in [1.82, 2.24) is 4.98 Å². The first-order chi connectivity index (χ1) is 8.75. The van der Waals surface area contributed by atoms with Crippen molar-refractivity contribution in [3.8, 4) is 0 Å². The van der Waals surface area contributed by atoms with Gasteiger partial charge < -0.3 is 5.73 Å². The zero-order valence-electron chi connectivity index (χ0n) is 10.0. The van der Waals surface area contributed by atoms with Gasteiger partial charge in [0, 0.05) is 24.4 Å². The smallest absolute Gasteiger partial charge is 0.0621 e. The standard InChI is InChI=1S/C15H15ClN2/c16-14-9-18-6-5-11(14)8-15(17)13-7-10-3-1-2-4-12(10)13/h1-6,9,13,15H,7-8,17H2. The van der Waals surface area contributed by atoms with Gasteiger partial charge in [-0.1, -0.05) is 35.9 Å². The van der Waals surface area contributed by atoms with Crippen LogP contribution in [0.2, 0.25) is 5.02 Å². The van der Waals surface area contributed by atoms with Gasteiger partial charge in [-0.15, -0.1) is 0 Å². The van der Waals surface area contributed by atoms with E-state index in [9.17, 15) is 0 Å². The fourth-order valence-electron chi connectivity index (χ4n) is 2.65. The number of hydrogen-bond donors (Lipinski definition) is 1. The summed E-state index contributed by atoms with van der Waals surface area (Å²) in [6.45, 7) is 0. The lowest BCUT2D eigenvalue weighted by Crippen LogP contribution is -2.37. The van der Waals surface area contributed by atoms with E-state index in [1.54, 1.807) is 12.4 Å². The molecule has 3 heteroatoms. The molecule has 0 radical (unpaired) electrons. The van der Waals surface area contributed by atoms with E-state index in [-0.39, 0.29) is 6.04 Å². The summed E-state index contributed by atoms with van der Waals surface area (Å²) < 4.78 is 0. The van der Waals surface area contributed by atoms with E-state index >= 15 is 0 Å². The average molecular weight is 259 g/mol. The number of fused-ring (bicyclic) bond motifs is 1. The van der Waals surface area contributed by atoms with Gasteiger partial charge in [-0.25, -0.2) is 0 Å². The van der Waals surface area contributed by atoms with Crippen LogP contribution in [0.5, 0.6) is 0 Å². The van der Waals surface area contributed by atoms with Crippen molar-refractivity contribution in [2.75, 3.05) is 0 Å². The first-order valence-corrected chi connectivity index (χ1v) is 6.55. The van der Waals surface area contributed by atoms with E-state index in [4.69, 9.17) is 17.3 Å². The van der Waals surface area contributed by atoms with Crippen molar-refractivity contribution in [2.45, 2.75) is 24.8 Å². The van der Waals surface area contributed by atoms with Gasteiger partial charge in [0.15, 0.2) is 0 Å². The minimum Gasteiger partial charge on any atom is -0.327 e. The van der Waals surface area contributed by atoms with E-state index < -0.39 is 0 Å². The zero-order valence-corrected chi connectivity index (χ0v) is 10.8. The lowest BCUT2D eigenvalue weighted by Gasteiger charge is -2.34. The molecule has 1 aliphatic carbocycles. The lowest BCUT2D eigenvalue weighted by atomic mass is 9.72. The Labute approximate surface area is 112 Å². The van der Waals surface area contributed by atoms with Crippen LogP contribution in [0.1, 0.15) is 22.6 Å². The molecule has 1 aromatic carbocycles. The number of halogens is 1. The van der Waals surface area contributed by atoms with Crippen LogP contribution in [0.3, 0.4) is 0 Å². The summed E-state index contributed by atoms with van der Waals surface area (Å²) in [7, 11) is 0. The third kappa shape index (κ3) is 2.02. The van der Waals surface area contributed by atoms with Crippen molar-refractivity contribution in [1.29, 1.82) is 0 Å². The molecule has 92 valence electrons. The number of pyridine rings is 1. The summed E-state index contributed by atoms with van der Waals surface area (Å²) in [6.07, 6.45) is 5.33. The highest BCUT2D eigenvalue weighted by Crippen LogP contribution is 2.37. The molecule has 1 aromatic heterocycles. The first kappa shape index (κ1) is 11.7. The van der Waals surface area contributed by atoms with Crippen LogP contribution >= 0.6 is 11.6 Å². The molecule has 3 rings (SSSR count). The Morgan fingerprint density at radius 1 is 1.33 bits per heavy atom. The molecule has 2 unspecified atom stereocenters. The van der Waals surface area contributed by atoms with Crippen LogP contribution in [-0.4, -0.2) is 11.0 Å². The van der Waals surface area contributed by atoms with E-state index in [0.29, 0.717) is 10.9 Å². The highest BCUT2D eigenvalue weighted by molar-refractivity contribution is 6.31. The lowest BCUT2D eigenvalue weighted by molar-refractivity contribution is 0.480. The van der Waals surface area contributed by atoms with Gasteiger partial charge >= 0.3 is 0 Å². The predicted molar refractivity (Wildman–Crippen MR) is 73.8 cm³/mol. The second-order valence-corrected chi connectivity index (χ2v) is 5.25. The topological polar surface area (TPSA) is 38.9 Å². The molecule has 0 amide bonds. The maximum atomic E-state index is 6.32. The molecule has 2 aromatic rings. The Bertz CT molecular complexity index is 568. The van der Waals surface area contributed by atoms with Crippen molar-refractivity contribution in [2.24, 2.45) is 5.73 Å². The van der Waals surface area contributed by atoms with Crippen LogP contribution in [0.15, 0.2) is 42.7 Å². The molecule has 0 spiro atoms. The largest absolute Gasteiger partial charge is 0.327 e. The molecule has 0 aliphatic heterocycles. The SMILES string of the molecule is NC(Cc1ccncc1Cl)C1Cc2ccccc21. The third-order valence-electron chi connectivity index (χ3n) is 3.72. The van der Waals surface area contributed by atoms with E-state index in [1.807, 2.05) is 6.07 Å². The number of benzene rings is 1. The molecule has 2 N–H and O–H groups in total. The van der Waals surface area contributed by atoms with Crippen molar-refractivity contribution < 1.29 is 0 Å². The first-order valence-electron chi connectivity index (χ1n) is 6.17. The van der Waals surface area contributed by atoms with E-state index in [0.717, 1.165) is 18.4 Å². The van der Waals surface area contributed by atoms with Gasteiger partial charge in [0.25, 0.3) is 0 Å². The average Bonchev–Trinajstić information content (AvgIpc) is 2.34. The summed E-state index contributed by atoms with van der Waals surface area (Å²) in [5.74, 6) is 0.463. The summed E-state index contributed by atoms with van der Waals surface area (Å²) in [5, 5.41) is 0.709. The van der Waals surface area contributed by atoms with Crippen LogP contribution in [-0.2, 0) is 12.8 Å². The summed E-state index contributed by atoms with van der Waals surface area (Å²) in [4.78, 5) is 3.99. The second kappa shape index (κ2) is 4.71. The Morgan fingerprint density at radius 2 is 2.17 bits per heavy atom. The molecule has 0 fully saturated rings. The van der Waals surface area contributed by atoms with Crippen molar-refractivity contribution >= 4 is 11.6 Å². The van der Waals surface area contributed by atoms with Gasteiger partial charge in [-0.05, 0) is 35.6 Å². The highest BCUT2D eigenvalue weighted by atomic mass is 35.5. The number of nitrogens with two attached hydrogens (primary N) is 1. The van der Waals surface area contributed by atoms with E-state index in [2.05, 4.69) is 29.2 Å². The maximum Gasteiger partial charge on any atom is 0.0621 e. The summed E-state index contributed by atoms with van der Waals surface area (Å²) in [6, 6.07) is 10.6. The maximum absolute atomic E-state index is 6.32. The van der Waals surface area contributed by atoms with Gasteiger partial charge in [0.05, 0.1) is 5.02 Å². The summed E-state index contributed by atoms with van der Waals surface area (Å²) >= 11 is 6.12. The van der Waals surface area contributed by atoms with Gasteiger partial charge in [0.2, 0.25) is 0 Å². The normalized spacial score (nSPS) is 18.9. The molecule has 2 atom stereocenters. The van der Waals surface area contributed by atoms with Crippen molar-refractivity contribution in [3.63, 3.8) is 0 Å². The van der Waals surface area contributed by atoms with Crippen LogP contribution in [0, 0.1) is 0 Å². The molecule has 0 saturated carbocycles. The molecule has 1 heterocycles. The predicted octanol–water partition coefficient (Wildman–Crippen LogP) is 2.94. The van der Waals surface area contributed by atoms with E-state index in [1.165, 1.54) is 11.1 Å². The highest BCUT2D eigenvalue weighted by Gasteiger charge is 2.30. The molecule has 1 aliphatic rings. The summed E-state index contributed by atoms with van der Waals surface area (Å²) in [5.41, 5.74) is 10.2. The quantitative estimate of drug-likeness (QED) is 0.919. The zero-order chi connectivity index (χ0) is 12.5. The van der Waals surface area contributed by atoms with Crippen LogP contribution in [0.25, 0.3) is 0 Å². The molecular weight excluding hydrogens is 244 g/mol.